The van der Waals surface area contributed by atoms with Gasteiger partial charge in [0.15, 0.2) is 0 Å². The van der Waals surface area contributed by atoms with Gasteiger partial charge in [-0.2, -0.15) is 0 Å². The number of carboxylic acids is 1. The van der Waals surface area contributed by atoms with Crippen LogP contribution in [0, 0.1) is 12.8 Å². The van der Waals surface area contributed by atoms with E-state index in [9.17, 15) is 9.59 Å². The third kappa shape index (κ3) is 3.39. The van der Waals surface area contributed by atoms with E-state index in [1.54, 1.807) is 6.07 Å². The first kappa shape index (κ1) is 15.0. The Hall–Kier alpha value is -1.36. The van der Waals surface area contributed by atoms with E-state index in [-0.39, 0.29) is 17.9 Å². The van der Waals surface area contributed by atoms with Crippen LogP contribution in [0.5, 0.6) is 0 Å². The van der Waals surface area contributed by atoms with Gasteiger partial charge in [-0.3, -0.25) is 9.59 Å². The number of benzene rings is 1. The van der Waals surface area contributed by atoms with Crippen molar-refractivity contribution in [3.63, 3.8) is 0 Å². The van der Waals surface area contributed by atoms with Crippen molar-refractivity contribution >= 4 is 27.8 Å². The van der Waals surface area contributed by atoms with Gasteiger partial charge in [-0.05, 0) is 60.2 Å². The van der Waals surface area contributed by atoms with E-state index in [1.807, 2.05) is 19.1 Å². The van der Waals surface area contributed by atoms with Gasteiger partial charge in [0.25, 0.3) is 5.91 Å². The second-order valence-electron chi connectivity index (χ2n) is 5.30. The number of carbonyl (C=O) groups is 2. The van der Waals surface area contributed by atoms with Crippen molar-refractivity contribution in [3.05, 3.63) is 33.8 Å². The first-order chi connectivity index (χ1) is 9.49. The molecule has 1 aromatic rings. The Labute approximate surface area is 126 Å². The quantitative estimate of drug-likeness (QED) is 0.888. The molecule has 108 valence electrons. The molecule has 1 aliphatic rings. The highest BCUT2D eigenvalue weighted by atomic mass is 79.9. The van der Waals surface area contributed by atoms with Crippen molar-refractivity contribution in [1.82, 2.24) is 5.32 Å². The molecule has 0 aromatic heterocycles. The van der Waals surface area contributed by atoms with E-state index >= 15 is 0 Å². The number of aryl methyl sites for hydroxylation is 1. The average molecular weight is 340 g/mol. The van der Waals surface area contributed by atoms with Crippen molar-refractivity contribution in [2.24, 2.45) is 5.92 Å². The van der Waals surface area contributed by atoms with E-state index in [0.717, 1.165) is 22.9 Å². The second-order valence-corrected chi connectivity index (χ2v) is 6.09. The number of nitrogens with one attached hydrogen (secondary N) is 1. The number of rotatable bonds is 3. The zero-order valence-corrected chi connectivity index (χ0v) is 12.9. The zero-order valence-electron chi connectivity index (χ0n) is 11.4. The lowest BCUT2D eigenvalue weighted by Crippen LogP contribution is -2.38. The van der Waals surface area contributed by atoms with Gasteiger partial charge in [-0.15, -0.1) is 0 Å². The van der Waals surface area contributed by atoms with Gasteiger partial charge in [0.1, 0.15) is 0 Å². The van der Waals surface area contributed by atoms with Crippen LogP contribution in [0.4, 0.5) is 0 Å². The number of hydrogen-bond acceptors (Lipinski definition) is 2. The van der Waals surface area contributed by atoms with E-state index < -0.39 is 5.97 Å². The van der Waals surface area contributed by atoms with E-state index in [4.69, 9.17) is 5.11 Å². The van der Waals surface area contributed by atoms with Crippen molar-refractivity contribution in [3.8, 4) is 0 Å². The molecule has 0 atom stereocenters. The molecule has 0 spiro atoms. The average Bonchev–Trinajstić information content (AvgIpc) is 2.42. The van der Waals surface area contributed by atoms with Gasteiger partial charge in [-0.1, -0.05) is 12.1 Å². The summed E-state index contributed by atoms with van der Waals surface area (Å²) in [6, 6.07) is 5.66. The molecule has 20 heavy (non-hydrogen) atoms. The third-order valence-corrected chi connectivity index (χ3v) is 4.90. The van der Waals surface area contributed by atoms with Crippen molar-refractivity contribution in [1.29, 1.82) is 0 Å². The predicted molar refractivity (Wildman–Crippen MR) is 79.7 cm³/mol. The molecule has 1 fully saturated rings. The molecule has 1 aliphatic carbocycles. The fourth-order valence-electron chi connectivity index (χ4n) is 2.57. The van der Waals surface area contributed by atoms with Crippen LogP contribution in [-0.2, 0) is 4.79 Å². The predicted octanol–water partition coefficient (Wildman–Crippen LogP) is 3.13. The van der Waals surface area contributed by atoms with Crippen LogP contribution >= 0.6 is 15.9 Å². The smallest absolute Gasteiger partial charge is 0.306 e. The Balaban J connectivity index is 1.96. The largest absolute Gasteiger partial charge is 0.481 e. The van der Waals surface area contributed by atoms with Gasteiger partial charge in [-0.25, -0.2) is 0 Å². The Morgan fingerprint density at radius 1 is 1.25 bits per heavy atom. The van der Waals surface area contributed by atoms with E-state index in [2.05, 4.69) is 21.2 Å². The molecule has 1 saturated carbocycles. The van der Waals surface area contributed by atoms with Crippen LogP contribution in [0.3, 0.4) is 0 Å². The highest BCUT2D eigenvalue weighted by molar-refractivity contribution is 9.10. The van der Waals surface area contributed by atoms with Crippen LogP contribution in [0.1, 0.15) is 41.6 Å². The summed E-state index contributed by atoms with van der Waals surface area (Å²) in [4.78, 5) is 23.1. The number of aliphatic carboxylic acids is 1. The molecule has 0 radical (unpaired) electrons. The second kappa shape index (κ2) is 6.39. The Bertz CT molecular complexity index is 522. The third-order valence-electron chi connectivity index (χ3n) is 3.85. The maximum absolute atomic E-state index is 12.2. The lowest BCUT2D eigenvalue weighted by molar-refractivity contribution is -0.142. The highest BCUT2D eigenvalue weighted by Crippen LogP contribution is 2.26. The molecular weight excluding hydrogens is 322 g/mol. The zero-order chi connectivity index (χ0) is 14.7. The molecular formula is C15H18BrNO3. The summed E-state index contributed by atoms with van der Waals surface area (Å²) in [6.45, 7) is 1.94. The SMILES string of the molecule is Cc1cccc(C(=O)NC2CCC(C(=O)O)CC2)c1Br. The summed E-state index contributed by atoms with van der Waals surface area (Å²) in [5.74, 6) is -1.08. The van der Waals surface area contributed by atoms with Crippen LogP contribution in [-0.4, -0.2) is 23.0 Å². The monoisotopic (exact) mass is 339 g/mol. The summed E-state index contributed by atoms with van der Waals surface area (Å²) < 4.78 is 0.816. The molecule has 0 unspecified atom stereocenters. The number of carbonyl (C=O) groups excluding carboxylic acids is 1. The minimum Gasteiger partial charge on any atom is -0.481 e. The van der Waals surface area contributed by atoms with Gasteiger partial charge in [0.2, 0.25) is 0 Å². The summed E-state index contributed by atoms with van der Waals surface area (Å²) in [5.41, 5.74) is 1.65. The minimum atomic E-state index is -0.726. The molecule has 5 heteroatoms. The lowest BCUT2D eigenvalue weighted by Gasteiger charge is -2.27. The molecule has 1 aromatic carbocycles. The molecule has 2 N–H and O–H groups in total. The molecule has 4 nitrogen and oxygen atoms in total. The first-order valence-electron chi connectivity index (χ1n) is 6.78. The number of carboxylic acid groups (broad SMARTS) is 1. The van der Waals surface area contributed by atoms with E-state index in [0.29, 0.717) is 18.4 Å². The van der Waals surface area contributed by atoms with Gasteiger partial charge in [0, 0.05) is 10.5 Å². The maximum Gasteiger partial charge on any atom is 0.306 e. The minimum absolute atomic E-state index is 0.0745. The summed E-state index contributed by atoms with van der Waals surface area (Å²) >= 11 is 3.44. The Morgan fingerprint density at radius 2 is 1.90 bits per heavy atom. The first-order valence-corrected chi connectivity index (χ1v) is 7.57. The summed E-state index contributed by atoms with van der Waals surface area (Å²) in [7, 11) is 0. The normalized spacial score (nSPS) is 22.3. The lowest BCUT2D eigenvalue weighted by atomic mass is 9.86. The highest BCUT2D eigenvalue weighted by Gasteiger charge is 2.27. The molecule has 1 amide bonds. The van der Waals surface area contributed by atoms with Crippen LogP contribution in [0.15, 0.2) is 22.7 Å². The van der Waals surface area contributed by atoms with Gasteiger partial charge < -0.3 is 10.4 Å². The van der Waals surface area contributed by atoms with Crippen molar-refractivity contribution < 1.29 is 14.7 Å². The van der Waals surface area contributed by atoms with Gasteiger partial charge >= 0.3 is 5.97 Å². The van der Waals surface area contributed by atoms with Crippen molar-refractivity contribution in [2.45, 2.75) is 38.6 Å². The fourth-order valence-corrected chi connectivity index (χ4v) is 3.02. The molecule has 2 rings (SSSR count). The fraction of sp³-hybridized carbons (Fsp3) is 0.467. The Kier molecular flexibility index (Phi) is 4.81. The molecule has 0 heterocycles. The maximum atomic E-state index is 12.2. The van der Waals surface area contributed by atoms with E-state index in [1.165, 1.54) is 0 Å². The topological polar surface area (TPSA) is 66.4 Å². The number of halogens is 1. The van der Waals surface area contributed by atoms with Crippen LogP contribution in [0.2, 0.25) is 0 Å². The molecule has 0 saturated heterocycles. The van der Waals surface area contributed by atoms with Gasteiger partial charge in [0.05, 0.1) is 11.5 Å². The van der Waals surface area contributed by atoms with Crippen molar-refractivity contribution in [2.75, 3.05) is 0 Å². The van der Waals surface area contributed by atoms with Crippen LogP contribution in [0.25, 0.3) is 0 Å². The standard InChI is InChI=1S/C15H18BrNO3/c1-9-3-2-4-12(13(9)16)14(18)17-11-7-5-10(6-8-11)15(19)20/h2-4,10-11H,5-8H2,1H3,(H,17,18)(H,19,20). The number of hydrogen-bond donors (Lipinski definition) is 2. The Morgan fingerprint density at radius 3 is 2.50 bits per heavy atom. The van der Waals surface area contributed by atoms with Crippen LogP contribution < -0.4 is 5.32 Å². The molecule has 0 bridgehead atoms. The number of amides is 1. The summed E-state index contributed by atoms with van der Waals surface area (Å²) in [5, 5.41) is 12.0. The summed E-state index contributed by atoms with van der Waals surface area (Å²) in [6.07, 6.45) is 2.73. The molecule has 0 aliphatic heterocycles.